The van der Waals surface area contributed by atoms with E-state index < -0.39 is 22.0 Å². The molecule has 0 saturated carbocycles. The maximum atomic E-state index is 12.5. The molecule has 0 spiro atoms. The van der Waals surface area contributed by atoms with Crippen LogP contribution in [0.2, 0.25) is 39.3 Å². The van der Waals surface area contributed by atoms with E-state index in [0.29, 0.717) is 0 Å². The molecule has 2 atom stereocenters. The number of hydrogen-bond donors (Lipinski definition) is 0. The van der Waals surface area contributed by atoms with E-state index in [-0.39, 0.29) is 17.9 Å². The Kier molecular flexibility index (Phi) is 5.39. The second kappa shape index (κ2) is 6.04. The van der Waals surface area contributed by atoms with Gasteiger partial charge in [0.15, 0.2) is 8.32 Å². The summed E-state index contributed by atoms with van der Waals surface area (Å²) in [6.07, 6.45) is 0.922. The number of nitrogens with zero attached hydrogens (tertiary/aromatic N) is 1. The molecule has 0 bridgehead atoms. The number of likely N-dealkylation sites (tertiary alicyclic amines) is 1. The third-order valence-corrected chi connectivity index (χ3v) is 6.83. The van der Waals surface area contributed by atoms with Gasteiger partial charge in [0.25, 0.3) is 0 Å². The number of carbonyl (C=O) groups excluding carboxylic acids is 1. The minimum atomic E-state index is -1.61. The average molecular weight is 332 g/mol. The van der Waals surface area contributed by atoms with Crippen LogP contribution in [0.15, 0.2) is 0 Å². The van der Waals surface area contributed by atoms with Crippen LogP contribution in [-0.2, 0) is 9.16 Å². The first-order chi connectivity index (χ1) is 9.21. The average Bonchev–Trinajstić information content (AvgIpc) is 2.54. The van der Waals surface area contributed by atoms with Crippen LogP contribution in [0.4, 0.5) is 4.79 Å². The van der Waals surface area contributed by atoms with Gasteiger partial charge in [-0.05, 0) is 46.8 Å². The minimum Gasteiger partial charge on any atom is -0.444 e. The van der Waals surface area contributed by atoms with Gasteiger partial charge in [-0.25, -0.2) is 4.79 Å². The zero-order valence-electron chi connectivity index (χ0n) is 15.2. The molecule has 1 aliphatic heterocycles. The van der Waals surface area contributed by atoms with Crippen molar-refractivity contribution in [3.8, 4) is 0 Å². The Labute approximate surface area is 132 Å². The van der Waals surface area contributed by atoms with Crippen LogP contribution in [0.3, 0.4) is 0 Å². The molecule has 6 heteroatoms. The van der Waals surface area contributed by atoms with Gasteiger partial charge in [-0.15, -0.1) is 0 Å². The number of amides is 1. The van der Waals surface area contributed by atoms with E-state index in [4.69, 9.17) is 9.16 Å². The van der Waals surface area contributed by atoms with E-state index >= 15 is 0 Å². The van der Waals surface area contributed by atoms with Crippen LogP contribution in [-0.4, -0.2) is 51.3 Å². The third kappa shape index (κ3) is 5.75. The fraction of sp³-hybridized carbons (Fsp3) is 0.933. The Hall–Kier alpha value is -0.336. The first kappa shape index (κ1) is 18.7. The van der Waals surface area contributed by atoms with Crippen LogP contribution < -0.4 is 0 Å². The molecule has 1 saturated heterocycles. The predicted molar refractivity (Wildman–Crippen MR) is 92.9 cm³/mol. The summed E-state index contributed by atoms with van der Waals surface area (Å²) in [4.78, 5) is 14.4. The maximum absolute atomic E-state index is 12.5. The fourth-order valence-corrected chi connectivity index (χ4v) is 6.70. The van der Waals surface area contributed by atoms with E-state index in [2.05, 4.69) is 39.3 Å². The summed E-state index contributed by atoms with van der Waals surface area (Å²) in [5.74, 6) is 0. The Morgan fingerprint density at radius 3 is 2.00 bits per heavy atom. The van der Waals surface area contributed by atoms with Crippen molar-refractivity contribution in [1.29, 1.82) is 0 Å². The zero-order valence-corrected chi connectivity index (χ0v) is 17.2. The lowest BCUT2D eigenvalue weighted by molar-refractivity contribution is 0.0233. The summed E-state index contributed by atoms with van der Waals surface area (Å²) < 4.78 is 12.0. The molecule has 1 amide bonds. The van der Waals surface area contributed by atoms with Crippen molar-refractivity contribution in [1.82, 2.24) is 4.90 Å². The topological polar surface area (TPSA) is 38.8 Å². The maximum Gasteiger partial charge on any atom is 0.410 e. The highest BCUT2D eigenvalue weighted by Crippen LogP contribution is 2.31. The summed E-state index contributed by atoms with van der Waals surface area (Å²) in [5.41, 5.74) is -0.238. The predicted octanol–water partition coefficient (Wildman–Crippen LogP) is 4.09. The quantitative estimate of drug-likeness (QED) is 0.731. The molecule has 1 rings (SSSR count). The smallest absolute Gasteiger partial charge is 0.410 e. The van der Waals surface area contributed by atoms with Crippen LogP contribution >= 0.6 is 0 Å². The summed E-state index contributed by atoms with van der Waals surface area (Å²) in [7, 11) is -3.18. The van der Waals surface area contributed by atoms with Gasteiger partial charge in [0.2, 0.25) is 0 Å². The van der Waals surface area contributed by atoms with Gasteiger partial charge in [-0.1, -0.05) is 19.6 Å². The number of carbonyl (C=O) groups is 1. The van der Waals surface area contributed by atoms with E-state index in [0.717, 1.165) is 13.0 Å². The number of hydrogen-bond acceptors (Lipinski definition) is 3. The van der Waals surface area contributed by atoms with Gasteiger partial charge in [-0.2, -0.15) is 0 Å². The zero-order chi connectivity index (χ0) is 16.6. The van der Waals surface area contributed by atoms with Crippen molar-refractivity contribution in [2.45, 2.75) is 83.8 Å². The first-order valence-corrected chi connectivity index (χ1v) is 14.9. The number of rotatable bonds is 3. The van der Waals surface area contributed by atoms with Gasteiger partial charge >= 0.3 is 6.09 Å². The highest BCUT2D eigenvalue weighted by atomic mass is 28.4. The van der Waals surface area contributed by atoms with Crippen molar-refractivity contribution < 1.29 is 14.0 Å². The van der Waals surface area contributed by atoms with E-state index in [1.165, 1.54) is 0 Å². The normalized spacial score (nSPS) is 24.3. The lowest BCUT2D eigenvalue weighted by Crippen LogP contribution is -2.57. The highest BCUT2D eigenvalue weighted by Gasteiger charge is 2.47. The summed E-state index contributed by atoms with van der Waals surface area (Å²) in [6, 6.07) is 0. The molecule has 1 aliphatic rings. The van der Waals surface area contributed by atoms with Crippen molar-refractivity contribution in [3.05, 3.63) is 0 Å². The molecule has 0 radical (unpaired) electrons. The molecule has 21 heavy (non-hydrogen) atoms. The summed E-state index contributed by atoms with van der Waals surface area (Å²) in [6.45, 7) is 20.1. The lowest BCUT2D eigenvalue weighted by Gasteiger charge is -2.39. The lowest BCUT2D eigenvalue weighted by atomic mass is 10.2. The molecule has 1 heterocycles. The third-order valence-electron chi connectivity index (χ3n) is 3.36. The van der Waals surface area contributed by atoms with Crippen molar-refractivity contribution >= 4 is 22.5 Å². The van der Waals surface area contributed by atoms with Crippen molar-refractivity contribution in [3.63, 3.8) is 0 Å². The minimum absolute atomic E-state index is 0.177. The molecule has 124 valence electrons. The standard InChI is InChI=1S/C15H33NO3Si2/c1-15(2,3)18-14(17)16-11-10-12(19-21(7,8)9)13(16)20(4,5)6/h12-13H,10-11H2,1-9H3/t12-,13?/m1/s1. The van der Waals surface area contributed by atoms with Crippen LogP contribution in [0, 0.1) is 0 Å². The largest absolute Gasteiger partial charge is 0.444 e. The van der Waals surface area contributed by atoms with Crippen LogP contribution in [0.1, 0.15) is 27.2 Å². The second-order valence-electron chi connectivity index (χ2n) is 9.04. The summed E-state index contributed by atoms with van der Waals surface area (Å²) >= 11 is 0. The van der Waals surface area contributed by atoms with Crippen LogP contribution in [0.25, 0.3) is 0 Å². The van der Waals surface area contributed by atoms with E-state index in [1.54, 1.807) is 0 Å². The molecule has 0 aromatic rings. The summed E-state index contributed by atoms with van der Waals surface area (Å²) in [5, 5.41) is 0. The van der Waals surface area contributed by atoms with Crippen molar-refractivity contribution in [2.75, 3.05) is 6.54 Å². The monoisotopic (exact) mass is 331 g/mol. The van der Waals surface area contributed by atoms with Crippen LogP contribution in [0.5, 0.6) is 0 Å². The molecule has 0 aromatic heterocycles. The van der Waals surface area contributed by atoms with Gasteiger partial charge in [-0.3, -0.25) is 0 Å². The van der Waals surface area contributed by atoms with Gasteiger partial charge in [0.05, 0.1) is 19.8 Å². The molecule has 1 fully saturated rings. The van der Waals surface area contributed by atoms with Gasteiger partial charge < -0.3 is 14.1 Å². The molecule has 0 aliphatic carbocycles. The first-order valence-electron chi connectivity index (χ1n) is 7.88. The Bertz CT molecular complexity index is 380. The van der Waals surface area contributed by atoms with Crippen molar-refractivity contribution in [2.24, 2.45) is 0 Å². The second-order valence-corrected chi connectivity index (χ2v) is 18.8. The Morgan fingerprint density at radius 1 is 1.10 bits per heavy atom. The molecule has 4 nitrogen and oxygen atoms in total. The van der Waals surface area contributed by atoms with Gasteiger partial charge in [0.1, 0.15) is 5.60 Å². The Balaban J connectivity index is 2.93. The Morgan fingerprint density at radius 2 is 1.62 bits per heavy atom. The highest BCUT2D eigenvalue weighted by molar-refractivity contribution is 6.78. The van der Waals surface area contributed by atoms with E-state index in [1.807, 2.05) is 25.7 Å². The number of ether oxygens (including phenoxy) is 1. The molecular formula is C15H33NO3Si2. The molecular weight excluding hydrogens is 298 g/mol. The fourth-order valence-electron chi connectivity index (χ4n) is 2.89. The molecule has 0 N–H and O–H groups in total. The van der Waals surface area contributed by atoms with Gasteiger partial charge in [0, 0.05) is 6.54 Å². The molecule has 1 unspecified atom stereocenters. The SMILES string of the molecule is CC(C)(C)OC(=O)N1CC[C@@H](O[Si](C)(C)C)C1[Si](C)(C)C. The molecule has 0 aromatic carbocycles. The van der Waals surface area contributed by atoms with E-state index in [9.17, 15) is 4.79 Å².